The molecule has 0 bridgehead atoms. The molecule has 0 fully saturated rings. The van der Waals surface area contributed by atoms with Crippen molar-refractivity contribution in [2.75, 3.05) is 52.9 Å². The second-order valence-electron chi connectivity index (χ2n) is 4.90. The van der Waals surface area contributed by atoms with E-state index in [1.165, 1.54) is 0 Å². The van der Waals surface area contributed by atoms with Crippen LogP contribution in [0.15, 0.2) is 0 Å². The van der Waals surface area contributed by atoms with Gasteiger partial charge in [0.05, 0.1) is 0 Å². The molecule has 0 aliphatic rings. The van der Waals surface area contributed by atoms with E-state index < -0.39 is 18.6 Å². The Balaban J connectivity index is -0.0000000793. The molecule has 0 aliphatic carbocycles. The molecule has 0 aliphatic heterocycles. The minimum absolute atomic E-state index is 0.195. The Morgan fingerprint density at radius 2 is 0.429 bits per heavy atom. The van der Waals surface area contributed by atoms with E-state index in [0.29, 0.717) is 0 Å². The quantitative estimate of drug-likeness (QED) is 0.111. The van der Waals surface area contributed by atoms with Crippen LogP contribution in [0.2, 0.25) is 0 Å². The van der Waals surface area contributed by atoms with Gasteiger partial charge in [0.25, 0.3) is 0 Å². The molecule has 176 valence electrons. The first-order valence-corrected chi connectivity index (χ1v) is 11.2. The summed E-state index contributed by atoms with van der Waals surface area (Å²) in [6.07, 6.45) is 5.75. The van der Waals surface area contributed by atoms with Gasteiger partial charge in [0, 0.05) is 52.9 Å². The van der Waals surface area contributed by atoms with Crippen LogP contribution in [0.25, 0.3) is 0 Å². The summed E-state index contributed by atoms with van der Waals surface area (Å²) in [5.41, 5.74) is 0. The summed E-state index contributed by atoms with van der Waals surface area (Å²) in [7, 11) is 0. The van der Waals surface area contributed by atoms with Crippen LogP contribution in [0.4, 0.5) is 0 Å². The first-order valence-electron chi connectivity index (χ1n) is 9.18. The van der Waals surface area contributed by atoms with Crippen molar-refractivity contribution in [1.29, 1.82) is 0 Å². The molecule has 0 unspecified atom stereocenters. The SMILES string of the molecule is OCCCCO.OCCCCO.OCCCCO.OCCCCO.[O]=[Ti]([OH])[OH]. The summed E-state index contributed by atoms with van der Waals surface area (Å²) >= 11 is -3.58. The Hall–Kier alpha value is 0.114. The van der Waals surface area contributed by atoms with Gasteiger partial charge in [-0.2, -0.15) is 0 Å². The molecule has 0 saturated carbocycles. The van der Waals surface area contributed by atoms with Gasteiger partial charge in [0.2, 0.25) is 0 Å². The molecule has 0 amide bonds. The molecule has 28 heavy (non-hydrogen) atoms. The fourth-order valence-electron chi connectivity index (χ4n) is 0.894. The minimum atomic E-state index is -3.58. The summed E-state index contributed by atoms with van der Waals surface area (Å²) in [6, 6.07) is 0. The molecule has 0 aromatic heterocycles. The summed E-state index contributed by atoms with van der Waals surface area (Å²) in [5, 5.41) is 64.7. The zero-order valence-corrected chi connectivity index (χ0v) is 18.3. The van der Waals surface area contributed by atoms with Crippen molar-refractivity contribution in [2.24, 2.45) is 0 Å². The van der Waals surface area contributed by atoms with Crippen molar-refractivity contribution in [2.45, 2.75) is 51.4 Å². The number of unbranched alkanes of at least 4 members (excludes halogenated alkanes) is 4. The number of aliphatic hydroxyl groups excluding tert-OH is 8. The second kappa shape index (κ2) is 50.6. The van der Waals surface area contributed by atoms with Gasteiger partial charge in [0.1, 0.15) is 0 Å². The average molecular weight is 458 g/mol. The first kappa shape index (κ1) is 38.7. The van der Waals surface area contributed by atoms with E-state index in [2.05, 4.69) is 0 Å². The Bertz CT molecular complexity index is 173. The van der Waals surface area contributed by atoms with Gasteiger partial charge in [-0.1, -0.05) is 0 Å². The Morgan fingerprint density at radius 1 is 0.357 bits per heavy atom. The average Bonchev–Trinajstić information content (AvgIpc) is 2.68. The van der Waals surface area contributed by atoms with E-state index in [0.717, 1.165) is 51.4 Å². The fourth-order valence-corrected chi connectivity index (χ4v) is 0.894. The number of hydrogen-bond acceptors (Lipinski definition) is 9. The molecular formula is C16H42O11Ti. The molecule has 11 nitrogen and oxygen atoms in total. The maximum absolute atomic E-state index is 8.81. The van der Waals surface area contributed by atoms with Crippen LogP contribution in [0.1, 0.15) is 51.4 Å². The topological polar surface area (TPSA) is 219 Å². The normalized spacial score (nSPS) is 8.64. The molecule has 0 rings (SSSR count). The summed E-state index contributed by atoms with van der Waals surface area (Å²) < 4.78 is 23.2. The Labute approximate surface area is 174 Å². The standard InChI is InChI=1S/4C4H10O2.2H2O.O.Ti/c4*5-3-1-2-4-6;;;;/h4*5-6H,1-4H2;2*1H2;;/q;;;;;;;+2/p-2. The zero-order valence-electron chi connectivity index (χ0n) is 16.7. The van der Waals surface area contributed by atoms with E-state index in [1.54, 1.807) is 0 Å². The van der Waals surface area contributed by atoms with Crippen LogP contribution in [-0.2, 0) is 21.9 Å². The van der Waals surface area contributed by atoms with E-state index in [4.69, 9.17) is 51.6 Å². The van der Waals surface area contributed by atoms with E-state index in [1.807, 2.05) is 0 Å². The van der Waals surface area contributed by atoms with Gasteiger partial charge in [-0.15, -0.1) is 0 Å². The van der Waals surface area contributed by atoms with Gasteiger partial charge in [-0.05, 0) is 51.4 Å². The molecule has 0 heterocycles. The van der Waals surface area contributed by atoms with Crippen LogP contribution < -0.4 is 0 Å². The van der Waals surface area contributed by atoms with Crippen molar-refractivity contribution in [3.63, 3.8) is 0 Å². The van der Waals surface area contributed by atoms with E-state index in [-0.39, 0.29) is 52.9 Å². The predicted molar refractivity (Wildman–Crippen MR) is 98.7 cm³/mol. The zero-order chi connectivity index (χ0) is 22.9. The molecule has 0 aromatic carbocycles. The molecule has 10 N–H and O–H groups in total. The van der Waals surface area contributed by atoms with Crippen LogP contribution in [0, 0.1) is 0 Å². The molecule has 0 spiro atoms. The van der Waals surface area contributed by atoms with Gasteiger partial charge in [-0.3, -0.25) is 0 Å². The van der Waals surface area contributed by atoms with Gasteiger partial charge in [0.15, 0.2) is 0 Å². The van der Waals surface area contributed by atoms with Gasteiger partial charge in [-0.25, -0.2) is 0 Å². The van der Waals surface area contributed by atoms with Crippen molar-refractivity contribution in [3.05, 3.63) is 0 Å². The van der Waals surface area contributed by atoms with E-state index in [9.17, 15) is 0 Å². The predicted octanol–water partition coefficient (Wildman–Crippen LogP) is -2.23. The molecule has 0 saturated heterocycles. The summed E-state index contributed by atoms with van der Waals surface area (Å²) in [6.45, 7) is 1.56. The number of rotatable bonds is 12. The third-order valence-corrected chi connectivity index (χ3v) is 2.26. The summed E-state index contributed by atoms with van der Waals surface area (Å²) in [4.78, 5) is 0. The van der Waals surface area contributed by atoms with Crippen molar-refractivity contribution in [1.82, 2.24) is 0 Å². The molecular weight excluding hydrogens is 416 g/mol. The molecule has 0 atom stereocenters. The Kier molecular flexibility index (Phi) is 69.9. The van der Waals surface area contributed by atoms with Crippen molar-refractivity contribution < 1.29 is 70.2 Å². The monoisotopic (exact) mass is 458 g/mol. The summed E-state index contributed by atoms with van der Waals surface area (Å²) in [5.74, 6) is 0. The van der Waals surface area contributed by atoms with Crippen LogP contribution in [0.5, 0.6) is 0 Å². The van der Waals surface area contributed by atoms with Crippen LogP contribution >= 0.6 is 0 Å². The fraction of sp³-hybridized carbons (Fsp3) is 1.00. The third-order valence-electron chi connectivity index (χ3n) is 2.26. The number of aliphatic hydroxyl groups is 8. The van der Waals surface area contributed by atoms with Crippen molar-refractivity contribution in [3.8, 4) is 0 Å². The Morgan fingerprint density at radius 3 is 0.464 bits per heavy atom. The molecule has 0 radical (unpaired) electrons. The number of hydrogen-bond donors (Lipinski definition) is 10. The van der Waals surface area contributed by atoms with Gasteiger partial charge < -0.3 is 40.9 Å². The van der Waals surface area contributed by atoms with Crippen LogP contribution in [0.3, 0.4) is 0 Å². The molecule has 0 aromatic rings. The van der Waals surface area contributed by atoms with Crippen molar-refractivity contribution >= 4 is 0 Å². The third kappa shape index (κ3) is 112. The molecule has 12 heteroatoms. The second-order valence-corrected chi connectivity index (χ2v) is 5.78. The van der Waals surface area contributed by atoms with E-state index >= 15 is 0 Å². The van der Waals surface area contributed by atoms with Gasteiger partial charge >= 0.3 is 29.3 Å². The van der Waals surface area contributed by atoms with Crippen LogP contribution in [-0.4, -0.2) is 101 Å². The first-order chi connectivity index (χ1) is 13.4. The maximum atomic E-state index is 8.81.